The van der Waals surface area contributed by atoms with Gasteiger partial charge in [-0.15, -0.1) is 0 Å². The Balaban J connectivity index is 2.44. The number of rotatable bonds is 3. The van der Waals surface area contributed by atoms with E-state index in [1.807, 2.05) is 0 Å². The maximum absolute atomic E-state index is 11.4. The number of carbonyl (C=O) groups is 1. The molecular formula is C12H11NO4. The Labute approximate surface area is 96.9 Å². The average molecular weight is 233 g/mol. The quantitative estimate of drug-likeness (QED) is 0.871. The highest BCUT2D eigenvalue weighted by Crippen LogP contribution is 2.06. The van der Waals surface area contributed by atoms with E-state index in [1.54, 1.807) is 30.1 Å². The van der Waals surface area contributed by atoms with Gasteiger partial charge < -0.3 is 14.1 Å². The summed E-state index contributed by atoms with van der Waals surface area (Å²) in [6.07, 6.45) is 4.48. The van der Waals surface area contributed by atoms with Crippen molar-refractivity contribution in [3.8, 4) is 0 Å². The van der Waals surface area contributed by atoms with Crippen molar-refractivity contribution in [1.29, 1.82) is 0 Å². The Hall–Kier alpha value is -2.30. The fourth-order valence-corrected chi connectivity index (χ4v) is 1.58. The number of nitrogens with zero attached hydrogens (tertiary/aromatic N) is 1. The van der Waals surface area contributed by atoms with Crippen LogP contribution in [-0.2, 0) is 6.54 Å². The third-order valence-corrected chi connectivity index (χ3v) is 2.51. The summed E-state index contributed by atoms with van der Waals surface area (Å²) in [5, 5.41) is 8.88. The van der Waals surface area contributed by atoms with Crippen LogP contribution >= 0.6 is 0 Å². The molecule has 0 saturated carbocycles. The van der Waals surface area contributed by atoms with Gasteiger partial charge in [0, 0.05) is 23.5 Å². The van der Waals surface area contributed by atoms with E-state index in [2.05, 4.69) is 0 Å². The molecule has 0 radical (unpaired) electrons. The summed E-state index contributed by atoms with van der Waals surface area (Å²) in [5.41, 5.74) is 0.923. The summed E-state index contributed by atoms with van der Waals surface area (Å²) in [5.74, 6) is -1.21. The van der Waals surface area contributed by atoms with E-state index < -0.39 is 11.4 Å². The standard InChI is InChI=1S/C12H11NO4/c1-8-4-11(14)10(12(15)16)6-13(8)5-9-2-3-17-7-9/h2-4,6-7H,5H2,1H3,(H,15,16). The van der Waals surface area contributed by atoms with E-state index in [0.717, 1.165) is 5.56 Å². The van der Waals surface area contributed by atoms with Crippen molar-refractivity contribution in [3.05, 3.63) is 57.9 Å². The van der Waals surface area contributed by atoms with E-state index in [9.17, 15) is 9.59 Å². The van der Waals surface area contributed by atoms with E-state index >= 15 is 0 Å². The van der Waals surface area contributed by atoms with Gasteiger partial charge in [0.15, 0.2) is 5.43 Å². The third-order valence-electron chi connectivity index (χ3n) is 2.51. The summed E-state index contributed by atoms with van der Waals surface area (Å²) in [6.45, 7) is 2.23. The first-order valence-electron chi connectivity index (χ1n) is 5.03. The minimum absolute atomic E-state index is 0.223. The average Bonchev–Trinajstić information content (AvgIpc) is 2.74. The van der Waals surface area contributed by atoms with Gasteiger partial charge in [-0.25, -0.2) is 4.79 Å². The summed E-state index contributed by atoms with van der Waals surface area (Å²) in [6, 6.07) is 3.11. The molecule has 0 aliphatic heterocycles. The van der Waals surface area contributed by atoms with Crippen molar-refractivity contribution < 1.29 is 14.3 Å². The van der Waals surface area contributed by atoms with Crippen LogP contribution in [0.15, 0.2) is 40.1 Å². The Morgan fingerprint density at radius 1 is 1.53 bits per heavy atom. The minimum atomic E-state index is -1.21. The van der Waals surface area contributed by atoms with Crippen LogP contribution in [0.2, 0.25) is 0 Å². The summed E-state index contributed by atoms with van der Waals surface area (Å²) in [7, 11) is 0. The summed E-state index contributed by atoms with van der Waals surface area (Å²) >= 11 is 0. The lowest BCUT2D eigenvalue weighted by atomic mass is 10.2. The molecule has 0 spiro atoms. The number of hydrogen-bond acceptors (Lipinski definition) is 3. The van der Waals surface area contributed by atoms with E-state index in [4.69, 9.17) is 9.52 Å². The first-order valence-corrected chi connectivity index (χ1v) is 5.03. The maximum atomic E-state index is 11.4. The van der Waals surface area contributed by atoms with Gasteiger partial charge in [0.2, 0.25) is 0 Å². The first-order chi connectivity index (χ1) is 8.08. The van der Waals surface area contributed by atoms with Gasteiger partial charge in [-0.1, -0.05) is 0 Å². The van der Waals surface area contributed by atoms with E-state index in [0.29, 0.717) is 12.2 Å². The third kappa shape index (κ3) is 2.28. The lowest BCUT2D eigenvalue weighted by molar-refractivity contribution is 0.0694. The molecule has 5 nitrogen and oxygen atoms in total. The summed E-state index contributed by atoms with van der Waals surface area (Å²) in [4.78, 5) is 22.3. The molecule has 1 N–H and O–H groups in total. The highest BCUT2D eigenvalue weighted by Gasteiger charge is 2.10. The van der Waals surface area contributed by atoms with Crippen LogP contribution in [0.25, 0.3) is 0 Å². The fourth-order valence-electron chi connectivity index (χ4n) is 1.58. The van der Waals surface area contributed by atoms with Crippen molar-refractivity contribution in [1.82, 2.24) is 4.57 Å². The number of furan rings is 1. The molecule has 2 rings (SSSR count). The van der Waals surface area contributed by atoms with Crippen LogP contribution in [0.1, 0.15) is 21.6 Å². The van der Waals surface area contributed by atoms with Crippen molar-refractivity contribution in [2.45, 2.75) is 13.5 Å². The second-order valence-electron chi connectivity index (χ2n) is 3.76. The van der Waals surface area contributed by atoms with Gasteiger partial charge >= 0.3 is 5.97 Å². The zero-order valence-corrected chi connectivity index (χ0v) is 9.21. The second-order valence-corrected chi connectivity index (χ2v) is 3.76. The molecule has 0 aliphatic rings. The van der Waals surface area contributed by atoms with E-state index in [1.165, 1.54) is 12.3 Å². The molecule has 2 heterocycles. The Morgan fingerprint density at radius 3 is 2.88 bits per heavy atom. The van der Waals surface area contributed by atoms with Gasteiger partial charge in [0.05, 0.1) is 19.1 Å². The monoisotopic (exact) mass is 233 g/mol. The molecular weight excluding hydrogens is 222 g/mol. The SMILES string of the molecule is Cc1cc(=O)c(C(=O)O)cn1Cc1ccoc1. The molecule has 0 atom stereocenters. The molecule has 0 aromatic carbocycles. The molecule has 0 fully saturated rings. The van der Waals surface area contributed by atoms with Gasteiger partial charge in [-0.05, 0) is 13.0 Å². The highest BCUT2D eigenvalue weighted by atomic mass is 16.4. The van der Waals surface area contributed by atoms with Crippen molar-refractivity contribution >= 4 is 5.97 Å². The van der Waals surface area contributed by atoms with Gasteiger partial charge in [0.25, 0.3) is 0 Å². The predicted octanol–water partition coefficient (Wildman–Crippen LogP) is 1.50. The molecule has 88 valence electrons. The number of aromatic nitrogens is 1. The number of pyridine rings is 1. The number of carboxylic acid groups (broad SMARTS) is 1. The topological polar surface area (TPSA) is 72.4 Å². The maximum Gasteiger partial charge on any atom is 0.341 e. The first kappa shape index (κ1) is 11.2. The predicted molar refractivity (Wildman–Crippen MR) is 60.2 cm³/mol. The molecule has 0 aliphatic carbocycles. The zero-order chi connectivity index (χ0) is 12.4. The number of hydrogen-bond donors (Lipinski definition) is 1. The summed E-state index contributed by atoms with van der Waals surface area (Å²) < 4.78 is 6.64. The normalized spacial score (nSPS) is 10.4. The largest absolute Gasteiger partial charge is 0.477 e. The minimum Gasteiger partial charge on any atom is -0.477 e. The molecule has 17 heavy (non-hydrogen) atoms. The smallest absolute Gasteiger partial charge is 0.341 e. The Kier molecular flexibility index (Phi) is 2.82. The lowest BCUT2D eigenvalue weighted by Crippen LogP contribution is -2.19. The number of carboxylic acids is 1. The van der Waals surface area contributed by atoms with Crippen molar-refractivity contribution in [2.24, 2.45) is 0 Å². The second kappa shape index (κ2) is 4.29. The molecule has 0 bridgehead atoms. The fraction of sp³-hybridized carbons (Fsp3) is 0.167. The molecule has 0 amide bonds. The highest BCUT2D eigenvalue weighted by molar-refractivity contribution is 5.87. The van der Waals surface area contributed by atoms with Crippen LogP contribution in [0.5, 0.6) is 0 Å². The van der Waals surface area contributed by atoms with E-state index in [-0.39, 0.29) is 5.56 Å². The molecule has 0 unspecified atom stereocenters. The van der Waals surface area contributed by atoms with Gasteiger partial charge in [0.1, 0.15) is 5.56 Å². The van der Waals surface area contributed by atoms with Crippen LogP contribution in [0, 0.1) is 6.92 Å². The van der Waals surface area contributed by atoms with Crippen LogP contribution in [-0.4, -0.2) is 15.6 Å². The number of aromatic carboxylic acids is 1. The van der Waals surface area contributed by atoms with Crippen molar-refractivity contribution in [3.63, 3.8) is 0 Å². The molecule has 0 saturated heterocycles. The number of aryl methyl sites for hydroxylation is 1. The Bertz CT molecular complexity index is 595. The van der Waals surface area contributed by atoms with Crippen LogP contribution < -0.4 is 5.43 Å². The van der Waals surface area contributed by atoms with Crippen LogP contribution in [0.3, 0.4) is 0 Å². The zero-order valence-electron chi connectivity index (χ0n) is 9.21. The molecule has 2 aromatic rings. The lowest BCUT2D eigenvalue weighted by Gasteiger charge is -2.09. The molecule has 5 heteroatoms. The molecule has 2 aromatic heterocycles. The van der Waals surface area contributed by atoms with Gasteiger partial charge in [-0.3, -0.25) is 4.79 Å². The van der Waals surface area contributed by atoms with Crippen molar-refractivity contribution in [2.75, 3.05) is 0 Å². The Morgan fingerprint density at radius 2 is 2.29 bits per heavy atom. The van der Waals surface area contributed by atoms with Gasteiger partial charge in [-0.2, -0.15) is 0 Å². The van der Waals surface area contributed by atoms with Crippen LogP contribution in [0.4, 0.5) is 0 Å².